The van der Waals surface area contributed by atoms with Crippen molar-refractivity contribution in [3.8, 4) is 0 Å². The Morgan fingerprint density at radius 3 is 1.95 bits per heavy atom. The van der Waals surface area contributed by atoms with Gasteiger partial charge in [-0.15, -0.1) is 0 Å². The summed E-state index contributed by atoms with van der Waals surface area (Å²) in [6, 6.07) is 19.8. The van der Waals surface area contributed by atoms with Gasteiger partial charge in [-0.05, 0) is 24.5 Å². The van der Waals surface area contributed by atoms with Crippen LogP contribution in [0.2, 0.25) is 0 Å². The van der Waals surface area contributed by atoms with E-state index in [-0.39, 0.29) is 12.0 Å². The first-order chi connectivity index (χ1) is 9.76. The van der Waals surface area contributed by atoms with Crippen LogP contribution in [0.4, 0.5) is 0 Å². The summed E-state index contributed by atoms with van der Waals surface area (Å²) in [6.45, 7) is 2.69. The number of ether oxygens (including phenoxy) is 1. The highest BCUT2D eigenvalue weighted by Gasteiger charge is 2.54. The third-order valence-corrected chi connectivity index (χ3v) is 4.08. The van der Waals surface area contributed by atoms with Gasteiger partial charge in [-0.1, -0.05) is 60.7 Å². The third-order valence-electron chi connectivity index (χ3n) is 4.08. The normalized spacial score (nSPS) is 21.7. The number of benzene rings is 2. The van der Waals surface area contributed by atoms with Gasteiger partial charge in [0.25, 0.3) is 0 Å². The van der Waals surface area contributed by atoms with Gasteiger partial charge in [0, 0.05) is 12.5 Å². The lowest BCUT2D eigenvalue weighted by Crippen LogP contribution is -2.31. The zero-order chi connectivity index (χ0) is 14.0. The molecule has 0 saturated heterocycles. The van der Waals surface area contributed by atoms with Gasteiger partial charge in [-0.2, -0.15) is 0 Å². The minimum atomic E-state index is -0.956. The fourth-order valence-electron chi connectivity index (χ4n) is 2.99. The molecular formula is C18H20O2. The number of aliphatic hydroxyl groups is 1. The van der Waals surface area contributed by atoms with Crippen LogP contribution >= 0.6 is 0 Å². The van der Waals surface area contributed by atoms with E-state index in [9.17, 15) is 5.11 Å². The summed E-state index contributed by atoms with van der Waals surface area (Å²) in [6.07, 6.45) is 1.07. The molecule has 20 heavy (non-hydrogen) atoms. The van der Waals surface area contributed by atoms with Crippen LogP contribution in [-0.2, 0) is 10.3 Å². The highest BCUT2D eigenvalue weighted by atomic mass is 16.5. The summed E-state index contributed by atoms with van der Waals surface area (Å²) in [4.78, 5) is 0. The lowest BCUT2D eigenvalue weighted by Gasteiger charge is -2.30. The van der Waals surface area contributed by atoms with Crippen LogP contribution in [-0.4, -0.2) is 17.8 Å². The van der Waals surface area contributed by atoms with Crippen LogP contribution < -0.4 is 0 Å². The first kappa shape index (κ1) is 13.3. The molecule has 104 valence electrons. The molecule has 2 aromatic rings. The first-order valence-corrected chi connectivity index (χ1v) is 7.21. The Hall–Kier alpha value is -1.64. The molecular weight excluding hydrogens is 248 g/mol. The van der Waals surface area contributed by atoms with E-state index in [0.717, 1.165) is 17.5 Å². The van der Waals surface area contributed by atoms with Crippen molar-refractivity contribution in [2.24, 2.45) is 5.92 Å². The number of hydrogen-bond acceptors (Lipinski definition) is 2. The Morgan fingerprint density at radius 2 is 1.50 bits per heavy atom. The second-order valence-electron chi connectivity index (χ2n) is 5.33. The van der Waals surface area contributed by atoms with Crippen molar-refractivity contribution in [3.63, 3.8) is 0 Å². The van der Waals surface area contributed by atoms with Gasteiger partial charge in [-0.25, -0.2) is 0 Å². The minimum Gasteiger partial charge on any atom is -0.380 e. The maximum absolute atomic E-state index is 11.4. The molecule has 0 aromatic heterocycles. The van der Waals surface area contributed by atoms with Crippen molar-refractivity contribution >= 4 is 0 Å². The molecule has 1 N–H and O–H groups in total. The molecule has 2 atom stereocenters. The maximum atomic E-state index is 11.4. The highest BCUT2D eigenvalue weighted by molar-refractivity contribution is 5.39. The van der Waals surface area contributed by atoms with Gasteiger partial charge in [0.1, 0.15) is 5.60 Å². The van der Waals surface area contributed by atoms with Crippen molar-refractivity contribution in [1.29, 1.82) is 0 Å². The molecule has 0 aliphatic heterocycles. The summed E-state index contributed by atoms with van der Waals surface area (Å²) < 4.78 is 5.69. The molecule has 3 rings (SSSR count). The van der Waals surface area contributed by atoms with E-state index in [1.165, 1.54) is 0 Å². The van der Waals surface area contributed by atoms with Gasteiger partial charge in [0.2, 0.25) is 0 Å². The molecule has 1 saturated carbocycles. The fourth-order valence-corrected chi connectivity index (χ4v) is 2.99. The molecule has 2 nitrogen and oxygen atoms in total. The average Bonchev–Trinajstić information content (AvgIpc) is 3.28. The van der Waals surface area contributed by atoms with E-state index in [0.29, 0.717) is 6.61 Å². The molecule has 0 radical (unpaired) electrons. The zero-order valence-corrected chi connectivity index (χ0v) is 11.7. The molecule has 0 bridgehead atoms. The Kier molecular flexibility index (Phi) is 3.60. The Morgan fingerprint density at radius 1 is 1.00 bits per heavy atom. The van der Waals surface area contributed by atoms with Crippen LogP contribution in [0.5, 0.6) is 0 Å². The largest absolute Gasteiger partial charge is 0.380 e. The van der Waals surface area contributed by atoms with E-state index >= 15 is 0 Å². The monoisotopic (exact) mass is 268 g/mol. The zero-order valence-electron chi connectivity index (χ0n) is 11.7. The minimum absolute atomic E-state index is 0.132. The smallest absolute Gasteiger partial charge is 0.120 e. The predicted molar refractivity (Wildman–Crippen MR) is 79.4 cm³/mol. The third kappa shape index (κ3) is 2.26. The quantitative estimate of drug-likeness (QED) is 0.901. The average molecular weight is 268 g/mol. The van der Waals surface area contributed by atoms with E-state index in [2.05, 4.69) is 0 Å². The Balaban J connectivity index is 2.01. The molecule has 1 aliphatic carbocycles. The van der Waals surface area contributed by atoms with Crippen LogP contribution in [0.25, 0.3) is 0 Å². The molecule has 2 aromatic carbocycles. The van der Waals surface area contributed by atoms with Crippen molar-refractivity contribution in [3.05, 3.63) is 71.8 Å². The lowest BCUT2D eigenvalue weighted by atomic mass is 9.82. The van der Waals surface area contributed by atoms with E-state index in [1.807, 2.05) is 67.6 Å². The van der Waals surface area contributed by atoms with Crippen LogP contribution in [0.1, 0.15) is 24.5 Å². The van der Waals surface area contributed by atoms with Crippen LogP contribution in [0, 0.1) is 5.92 Å². The fraction of sp³-hybridized carbons (Fsp3) is 0.333. The predicted octanol–water partition coefficient (Wildman–Crippen LogP) is 3.35. The molecule has 0 amide bonds. The summed E-state index contributed by atoms with van der Waals surface area (Å²) in [5.41, 5.74) is 0.930. The summed E-state index contributed by atoms with van der Waals surface area (Å²) in [7, 11) is 0. The van der Waals surface area contributed by atoms with E-state index < -0.39 is 5.60 Å². The molecule has 0 heterocycles. The lowest BCUT2D eigenvalue weighted by molar-refractivity contribution is 0.0217. The van der Waals surface area contributed by atoms with Crippen LogP contribution in [0.3, 0.4) is 0 Å². The summed E-state index contributed by atoms with van der Waals surface area (Å²) in [5.74, 6) is 0.132. The SMILES string of the molecule is CCO[C@@H]1C[C@@H]1C(O)(c1ccccc1)c1ccccc1. The van der Waals surface area contributed by atoms with Crippen LogP contribution in [0.15, 0.2) is 60.7 Å². The summed E-state index contributed by atoms with van der Waals surface area (Å²) in [5, 5.41) is 11.4. The Labute approximate surface area is 120 Å². The number of rotatable bonds is 5. The highest BCUT2D eigenvalue weighted by Crippen LogP contribution is 2.51. The van der Waals surface area contributed by atoms with E-state index in [1.54, 1.807) is 0 Å². The molecule has 0 spiro atoms. The molecule has 1 aliphatic rings. The van der Waals surface area contributed by atoms with Crippen molar-refractivity contribution in [2.75, 3.05) is 6.61 Å². The first-order valence-electron chi connectivity index (χ1n) is 7.21. The van der Waals surface area contributed by atoms with Gasteiger partial charge < -0.3 is 9.84 Å². The second-order valence-corrected chi connectivity index (χ2v) is 5.33. The van der Waals surface area contributed by atoms with Gasteiger partial charge in [0.05, 0.1) is 6.10 Å². The Bertz CT molecular complexity index is 511. The van der Waals surface area contributed by atoms with Gasteiger partial charge in [-0.3, -0.25) is 0 Å². The van der Waals surface area contributed by atoms with Crippen molar-refractivity contribution < 1.29 is 9.84 Å². The molecule has 2 heteroatoms. The molecule has 0 unspecified atom stereocenters. The molecule has 1 fully saturated rings. The maximum Gasteiger partial charge on any atom is 0.120 e. The van der Waals surface area contributed by atoms with Gasteiger partial charge >= 0.3 is 0 Å². The van der Waals surface area contributed by atoms with E-state index in [4.69, 9.17) is 4.74 Å². The summed E-state index contributed by atoms with van der Waals surface area (Å²) >= 11 is 0. The van der Waals surface area contributed by atoms with Crippen molar-refractivity contribution in [1.82, 2.24) is 0 Å². The number of hydrogen-bond donors (Lipinski definition) is 1. The van der Waals surface area contributed by atoms with Gasteiger partial charge in [0.15, 0.2) is 0 Å². The standard InChI is InChI=1S/C18H20O2/c1-2-20-17-13-16(17)18(19,14-9-5-3-6-10-14)15-11-7-4-8-12-15/h3-12,16-17,19H,2,13H2,1H3/t16-,17+/m0/s1. The van der Waals surface area contributed by atoms with Crippen molar-refractivity contribution in [2.45, 2.75) is 25.0 Å². The topological polar surface area (TPSA) is 29.5 Å². The second kappa shape index (κ2) is 5.39.